The summed E-state index contributed by atoms with van der Waals surface area (Å²) >= 11 is 0. The van der Waals surface area contributed by atoms with E-state index in [9.17, 15) is 0 Å². The number of hydrogen-bond donors (Lipinski definition) is 3. The minimum absolute atomic E-state index is 0.110. The summed E-state index contributed by atoms with van der Waals surface area (Å²) in [4.78, 5) is 12.4. The molecule has 0 amide bonds. The predicted octanol–water partition coefficient (Wildman–Crippen LogP) is 0.515. The van der Waals surface area contributed by atoms with Gasteiger partial charge in [0, 0.05) is 13.0 Å². The third-order valence-corrected chi connectivity index (χ3v) is 3.46. The Hall–Kier alpha value is -2.18. The van der Waals surface area contributed by atoms with Crippen molar-refractivity contribution in [3.8, 4) is 0 Å². The van der Waals surface area contributed by atoms with Gasteiger partial charge in [-0.1, -0.05) is 0 Å². The van der Waals surface area contributed by atoms with E-state index in [2.05, 4.69) is 15.0 Å². The molecule has 1 saturated carbocycles. The summed E-state index contributed by atoms with van der Waals surface area (Å²) in [6, 6.07) is 0. The zero-order chi connectivity index (χ0) is 12.8. The summed E-state index contributed by atoms with van der Waals surface area (Å²) in [7, 11) is 0. The molecule has 5 N–H and O–H groups in total. The highest BCUT2D eigenvalue weighted by molar-refractivity contribution is 5.81. The van der Waals surface area contributed by atoms with Crippen LogP contribution < -0.4 is 11.5 Å². The van der Waals surface area contributed by atoms with Gasteiger partial charge in [0.25, 0.3) is 0 Å². The van der Waals surface area contributed by atoms with Crippen molar-refractivity contribution in [3.63, 3.8) is 0 Å². The van der Waals surface area contributed by atoms with Crippen LogP contribution in [0.15, 0.2) is 12.7 Å². The molecular weight excluding hydrogens is 230 g/mol. The molecule has 0 bridgehead atoms. The first-order chi connectivity index (χ1) is 8.60. The van der Waals surface area contributed by atoms with Crippen LogP contribution in [0.4, 0.5) is 5.82 Å². The maximum absolute atomic E-state index is 7.42. The summed E-state index contributed by atoms with van der Waals surface area (Å²) in [5, 5.41) is 7.42. The smallest absolute Gasteiger partial charge is 0.165 e. The van der Waals surface area contributed by atoms with Gasteiger partial charge in [-0.15, -0.1) is 0 Å². The number of nitrogens with zero attached hydrogens (tertiary/aromatic N) is 4. The van der Waals surface area contributed by atoms with Gasteiger partial charge in [0.2, 0.25) is 0 Å². The van der Waals surface area contributed by atoms with Crippen molar-refractivity contribution in [3.05, 3.63) is 12.7 Å². The summed E-state index contributed by atoms with van der Waals surface area (Å²) in [6.45, 7) is 0.777. The van der Waals surface area contributed by atoms with Crippen molar-refractivity contribution in [2.75, 3.05) is 5.73 Å². The SMILES string of the molecule is N=C(N)CC1(Cn2cnc3c(N)ncnc32)CC1. The molecule has 2 heterocycles. The number of anilines is 1. The molecule has 18 heavy (non-hydrogen) atoms. The first kappa shape index (κ1) is 10.9. The van der Waals surface area contributed by atoms with Crippen LogP contribution in [0.5, 0.6) is 0 Å². The van der Waals surface area contributed by atoms with Gasteiger partial charge in [-0.2, -0.15) is 0 Å². The zero-order valence-electron chi connectivity index (χ0n) is 9.93. The van der Waals surface area contributed by atoms with E-state index in [1.807, 2.05) is 4.57 Å². The molecular formula is C11H15N7. The van der Waals surface area contributed by atoms with E-state index in [0.717, 1.165) is 25.0 Å². The van der Waals surface area contributed by atoms with E-state index in [1.165, 1.54) is 6.33 Å². The first-order valence-electron chi connectivity index (χ1n) is 5.84. The molecule has 94 valence electrons. The van der Waals surface area contributed by atoms with Crippen LogP contribution in [-0.4, -0.2) is 25.4 Å². The number of amidine groups is 1. The first-order valence-corrected chi connectivity index (χ1v) is 5.84. The molecule has 0 saturated heterocycles. The molecule has 0 unspecified atom stereocenters. The Bertz CT molecular complexity index is 611. The second-order valence-corrected chi connectivity index (χ2v) is 5.01. The van der Waals surface area contributed by atoms with E-state index in [1.54, 1.807) is 6.33 Å². The maximum Gasteiger partial charge on any atom is 0.165 e. The minimum Gasteiger partial charge on any atom is -0.388 e. The average molecular weight is 245 g/mol. The molecule has 7 heteroatoms. The molecule has 1 aliphatic rings. The Labute approximate surface area is 104 Å². The van der Waals surface area contributed by atoms with Gasteiger partial charge in [-0.3, -0.25) is 5.41 Å². The molecule has 0 aromatic carbocycles. The molecule has 2 aromatic rings. The third kappa shape index (κ3) is 1.77. The maximum atomic E-state index is 7.42. The number of hydrogen-bond acceptors (Lipinski definition) is 5. The molecule has 0 radical (unpaired) electrons. The van der Waals surface area contributed by atoms with Crippen LogP contribution in [0.1, 0.15) is 19.3 Å². The van der Waals surface area contributed by atoms with E-state index in [4.69, 9.17) is 16.9 Å². The Balaban J connectivity index is 1.92. The van der Waals surface area contributed by atoms with Crippen molar-refractivity contribution in [1.82, 2.24) is 19.5 Å². The summed E-state index contributed by atoms with van der Waals surface area (Å²) in [5.74, 6) is 0.640. The average Bonchev–Trinajstić information content (AvgIpc) is 2.91. The highest BCUT2D eigenvalue weighted by atomic mass is 15.1. The summed E-state index contributed by atoms with van der Waals surface area (Å²) in [6.07, 6.45) is 5.99. The summed E-state index contributed by atoms with van der Waals surface area (Å²) < 4.78 is 1.98. The largest absolute Gasteiger partial charge is 0.388 e. The van der Waals surface area contributed by atoms with Gasteiger partial charge >= 0.3 is 0 Å². The lowest BCUT2D eigenvalue weighted by atomic mass is 10.0. The molecule has 1 aliphatic carbocycles. The minimum atomic E-state index is 0.110. The highest BCUT2D eigenvalue weighted by Crippen LogP contribution is 2.50. The number of nitrogens with one attached hydrogen (secondary N) is 1. The molecule has 0 atom stereocenters. The Morgan fingerprint density at radius 2 is 2.17 bits per heavy atom. The van der Waals surface area contributed by atoms with Crippen LogP contribution in [0, 0.1) is 10.8 Å². The Kier molecular flexibility index (Phi) is 2.22. The third-order valence-electron chi connectivity index (χ3n) is 3.46. The van der Waals surface area contributed by atoms with Crippen molar-refractivity contribution in [2.45, 2.75) is 25.8 Å². The fourth-order valence-corrected chi connectivity index (χ4v) is 2.35. The van der Waals surface area contributed by atoms with Crippen molar-refractivity contribution < 1.29 is 0 Å². The number of nitrogen functional groups attached to an aromatic ring is 1. The summed E-state index contributed by atoms with van der Waals surface area (Å²) in [5.41, 5.74) is 12.7. The second kappa shape index (κ2) is 3.66. The lowest BCUT2D eigenvalue weighted by molar-refractivity contribution is 0.441. The second-order valence-electron chi connectivity index (χ2n) is 5.01. The molecule has 1 fully saturated rings. The monoisotopic (exact) mass is 245 g/mol. The fraction of sp³-hybridized carbons (Fsp3) is 0.455. The van der Waals surface area contributed by atoms with Crippen LogP contribution in [-0.2, 0) is 6.54 Å². The zero-order valence-corrected chi connectivity index (χ0v) is 9.93. The van der Waals surface area contributed by atoms with Crippen molar-refractivity contribution in [1.29, 1.82) is 5.41 Å². The van der Waals surface area contributed by atoms with Gasteiger partial charge in [-0.05, 0) is 18.3 Å². The molecule has 3 rings (SSSR count). The lowest BCUT2D eigenvalue weighted by Crippen LogP contribution is -2.20. The van der Waals surface area contributed by atoms with Gasteiger partial charge in [0.05, 0.1) is 12.2 Å². The van der Waals surface area contributed by atoms with Gasteiger partial charge in [0.15, 0.2) is 11.5 Å². The number of imidazole rings is 1. The van der Waals surface area contributed by atoms with E-state index < -0.39 is 0 Å². The molecule has 2 aromatic heterocycles. The lowest BCUT2D eigenvalue weighted by Gasteiger charge is -2.14. The Morgan fingerprint density at radius 1 is 1.39 bits per heavy atom. The standard InChI is InChI=1S/C11H15N7/c12-7(13)3-11(1-2-11)4-18-6-17-8-9(14)15-5-16-10(8)18/h5-6H,1-4H2,(H3,12,13)(H2,14,15,16). The van der Waals surface area contributed by atoms with E-state index in [0.29, 0.717) is 17.8 Å². The van der Waals surface area contributed by atoms with Crippen LogP contribution in [0.3, 0.4) is 0 Å². The predicted molar refractivity (Wildman–Crippen MR) is 67.9 cm³/mol. The molecule has 0 spiro atoms. The number of fused-ring (bicyclic) bond motifs is 1. The van der Waals surface area contributed by atoms with E-state index in [-0.39, 0.29) is 11.3 Å². The number of rotatable bonds is 4. The van der Waals surface area contributed by atoms with Crippen molar-refractivity contribution >= 4 is 22.8 Å². The van der Waals surface area contributed by atoms with Crippen LogP contribution >= 0.6 is 0 Å². The van der Waals surface area contributed by atoms with Crippen LogP contribution in [0.25, 0.3) is 11.2 Å². The van der Waals surface area contributed by atoms with Crippen LogP contribution in [0.2, 0.25) is 0 Å². The Morgan fingerprint density at radius 3 is 2.83 bits per heavy atom. The van der Waals surface area contributed by atoms with Gasteiger partial charge in [-0.25, -0.2) is 15.0 Å². The number of aromatic nitrogens is 4. The topological polar surface area (TPSA) is 119 Å². The fourth-order valence-electron chi connectivity index (χ4n) is 2.35. The molecule has 0 aliphatic heterocycles. The van der Waals surface area contributed by atoms with E-state index >= 15 is 0 Å². The highest BCUT2D eigenvalue weighted by Gasteiger charge is 2.43. The quantitative estimate of drug-likeness (QED) is 0.535. The van der Waals surface area contributed by atoms with Crippen molar-refractivity contribution in [2.24, 2.45) is 11.1 Å². The van der Waals surface area contributed by atoms with Gasteiger partial charge < -0.3 is 16.0 Å². The number of nitrogens with two attached hydrogens (primary N) is 2. The normalized spacial score (nSPS) is 16.9. The molecule has 7 nitrogen and oxygen atoms in total. The van der Waals surface area contributed by atoms with Gasteiger partial charge in [0.1, 0.15) is 11.8 Å².